The molecule has 1 fully saturated rings. The maximum atomic E-state index is 12.2. The fourth-order valence-electron chi connectivity index (χ4n) is 3.13. The van der Waals surface area contributed by atoms with Gasteiger partial charge in [0.15, 0.2) is 0 Å². The number of benzene rings is 1. The quantitative estimate of drug-likeness (QED) is 0.712. The average molecular weight is 403 g/mol. The van der Waals surface area contributed by atoms with Crippen molar-refractivity contribution < 1.29 is 9.53 Å². The molecule has 2 amide bonds. The Hall–Kier alpha value is -1.96. The molecule has 0 saturated carbocycles. The molecule has 0 radical (unpaired) electrons. The van der Waals surface area contributed by atoms with Crippen LogP contribution in [-0.2, 0) is 24.2 Å². The molecule has 152 valence electrons. The lowest BCUT2D eigenvalue weighted by Crippen LogP contribution is -2.37. The highest BCUT2D eigenvalue weighted by atomic mass is 32.1. The molecule has 6 nitrogen and oxygen atoms in total. The Morgan fingerprint density at radius 3 is 2.68 bits per heavy atom. The van der Waals surface area contributed by atoms with Gasteiger partial charge < -0.3 is 15.4 Å². The zero-order valence-corrected chi connectivity index (χ0v) is 17.6. The Bertz CT molecular complexity index is 756. The van der Waals surface area contributed by atoms with Crippen LogP contribution in [0.25, 0.3) is 0 Å². The molecule has 0 bridgehead atoms. The molecule has 0 aliphatic carbocycles. The molecule has 0 atom stereocenters. The molecule has 1 saturated heterocycles. The van der Waals surface area contributed by atoms with E-state index in [1.54, 1.807) is 11.3 Å². The first-order chi connectivity index (χ1) is 13.6. The molecule has 0 unspecified atom stereocenters. The summed E-state index contributed by atoms with van der Waals surface area (Å²) >= 11 is 1.69. The van der Waals surface area contributed by atoms with Gasteiger partial charge in [-0.3, -0.25) is 4.90 Å². The number of hydrogen-bond donors (Lipinski definition) is 2. The van der Waals surface area contributed by atoms with Gasteiger partial charge in [-0.25, -0.2) is 9.78 Å². The Morgan fingerprint density at radius 1 is 1.21 bits per heavy atom. The molecule has 3 rings (SSSR count). The molecule has 1 aromatic carbocycles. The van der Waals surface area contributed by atoms with E-state index in [2.05, 4.69) is 57.9 Å². The van der Waals surface area contributed by atoms with Crippen molar-refractivity contribution in [3.63, 3.8) is 0 Å². The van der Waals surface area contributed by atoms with Crippen LogP contribution in [0.1, 0.15) is 41.6 Å². The highest BCUT2D eigenvalue weighted by Gasteiger charge is 2.13. The Labute approximate surface area is 171 Å². The highest BCUT2D eigenvalue weighted by Crippen LogP contribution is 2.19. The zero-order valence-electron chi connectivity index (χ0n) is 16.7. The predicted octanol–water partition coefficient (Wildman–Crippen LogP) is 3.14. The first kappa shape index (κ1) is 20.8. The average Bonchev–Trinajstić information content (AvgIpc) is 3.17. The van der Waals surface area contributed by atoms with Crippen LogP contribution < -0.4 is 10.6 Å². The molecule has 7 heteroatoms. The second kappa shape index (κ2) is 10.5. The Balaban J connectivity index is 1.42. The van der Waals surface area contributed by atoms with Crippen molar-refractivity contribution in [1.82, 2.24) is 20.5 Å². The van der Waals surface area contributed by atoms with Gasteiger partial charge >= 0.3 is 6.03 Å². The monoisotopic (exact) mass is 402 g/mol. The van der Waals surface area contributed by atoms with Crippen LogP contribution in [-0.4, -0.2) is 48.8 Å². The van der Waals surface area contributed by atoms with Crippen LogP contribution in [0.3, 0.4) is 0 Å². The summed E-state index contributed by atoms with van der Waals surface area (Å²) in [5.74, 6) is 0.451. The highest BCUT2D eigenvalue weighted by molar-refractivity contribution is 7.09. The Morgan fingerprint density at radius 2 is 1.96 bits per heavy atom. The number of morpholine rings is 1. The molecule has 1 aromatic heterocycles. The van der Waals surface area contributed by atoms with E-state index in [4.69, 9.17) is 4.74 Å². The van der Waals surface area contributed by atoms with E-state index < -0.39 is 0 Å². The van der Waals surface area contributed by atoms with Crippen LogP contribution in [0, 0.1) is 0 Å². The number of carbonyl (C=O) groups excluding carboxylic acids is 1. The molecule has 28 heavy (non-hydrogen) atoms. The van der Waals surface area contributed by atoms with Gasteiger partial charge in [0.25, 0.3) is 0 Å². The number of nitrogens with zero attached hydrogens (tertiary/aromatic N) is 2. The molecule has 1 aliphatic heterocycles. The van der Waals surface area contributed by atoms with E-state index >= 15 is 0 Å². The topological polar surface area (TPSA) is 66.5 Å². The standard InChI is InChI=1S/C21H30N4O2S/c1-16(2)20-24-19(15-28-20)7-8-22-21(26)23-13-17-5-3-4-6-18(17)14-25-9-11-27-12-10-25/h3-6,15-16H,7-14H2,1-2H3,(H2,22,23,26). The Kier molecular flexibility index (Phi) is 7.82. The first-order valence-electron chi connectivity index (χ1n) is 9.94. The van der Waals surface area contributed by atoms with E-state index in [1.807, 2.05) is 6.07 Å². The van der Waals surface area contributed by atoms with E-state index in [0.717, 1.165) is 55.5 Å². The van der Waals surface area contributed by atoms with Gasteiger partial charge in [0, 0.05) is 50.4 Å². The van der Waals surface area contributed by atoms with Crippen molar-refractivity contribution in [3.05, 3.63) is 51.5 Å². The minimum absolute atomic E-state index is 0.138. The van der Waals surface area contributed by atoms with Crippen LogP contribution in [0.15, 0.2) is 29.6 Å². The predicted molar refractivity (Wildman–Crippen MR) is 113 cm³/mol. The van der Waals surface area contributed by atoms with E-state index in [1.165, 1.54) is 5.56 Å². The third-order valence-corrected chi connectivity index (χ3v) is 5.98. The first-order valence-corrected chi connectivity index (χ1v) is 10.8. The second-order valence-electron chi connectivity index (χ2n) is 7.35. The maximum Gasteiger partial charge on any atom is 0.315 e. The lowest BCUT2D eigenvalue weighted by atomic mass is 10.1. The van der Waals surface area contributed by atoms with Gasteiger partial charge in [-0.15, -0.1) is 11.3 Å². The zero-order chi connectivity index (χ0) is 19.8. The van der Waals surface area contributed by atoms with Gasteiger partial charge in [0.05, 0.1) is 23.9 Å². The van der Waals surface area contributed by atoms with Crippen molar-refractivity contribution in [1.29, 1.82) is 0 Å². The molecule has 2 N–H and O–H groups in total. The van der Waals surface area contributed by atoms with E-state index in [0.29, 0.717) is 19.0 Å². The van der Waals surface area contributed by atoms with Crippen LogP contribution in [0.5, 0.6) is 0 Å². The van der Waals surface area contributed by atoms with Crippen molar-refractivity contribution in [2.24, 2.45) is 0 Å². The number of ether oxygens (including phenoxy) is 1. The number of rotatable bonds is 8. The van der Waals surface area contributed by atoms with Crippen LogP contribution in [0.2, 0.25) is 0 Å². The van der Waals surface area contributed by atoms with Crippen molar-refractivity contribution in [3.8, 4) is 0 Å². The number of carbonyl (C=O) groups is 1. The smallest absolute Gasteiger partial charge is 0.315 e. The normalized spacial score (nSPS) is 15.0. The molecule has 2 heterocycles. The largest absolute Gasteiger partial charge is 0.379 e. The van der Waals surface area contributed by atoms with Gasteiger partial charge in [0.1, 0.15) is 0 Å². The summed E-state index contributed by atoms with van der Waals surface area (Å²) in [7, 11) is 0. The van der Waals surface area contributed by atoms with Crippen LogP contribution in [0.4, 0.5) is 4.79 Å². The van der Waals surface area contributed by atoms with Gasteiger partial charge in [0.2, 0.25) is 0 Å². The minimum atomic E-state index is -0.138. The molecule has 2 aromatic rings. The van der Waals surface area contributed by atoms with E-state index in [9.17, 15) is 4.79 Å². The van der Waals surface area contributed by atoms with Crippen molar-refractivity contribution >= 4 is 17.4 Å². The van der Waals surface area contributed by atoms with E-state index in [-0.39, 0.29) is 6.03 Å². The number of thiazole rings is 1. The lowest BCUT2D eigenvalue weighted by Gasteiger charge is -2.27. The van der Waals surface area contributed by atoms with Gasteiger partial charge in [-0.05, 0) is 11.1 Å². The summed E-state index contributed by atoms with van der Waals surface area (Å²) in [5.41, 5.74) is 3.46. The molecular weight excluding hydrogens is 372 g/mol. The summed E-state index contributed by atoms with van der Waals surface area (Å²) in [5, 5.41) is 9.13. The third-order valence-electron chi connectivity index (χ3n) is 4.79. The third kappa shape index (κ3) is 6.29. The maximum absolute atomic E-state index is 12.2. The number of nitrogens with one attached hydrogen (secondary N) is 2. The summed E-state index contributed by atoms with van der Waals surface area (Å²) in [6.45, 7) is 9.79. The van der Waals surface area contributed by atoms with Gasteiger partial charge in [-0.1, -0.05) is 38.1 Å². The summed E-state index contributed by atoms with van der Waals surface area (Å²) in [6.07, 6.45) is 0.754. The lowest BCUT2D eigenvalue weighted by molar-refractivity contribution is 0.0341. The number of urea groups is 1. The number of hydrogen-bond acceptors (Lipinski definition) is 5. The second-order valence-corrected chi connectivity index (χ2v) is 8.24. The minimum Gasteiger partial charge on any atom is -0.379 e. The summed E-state index contributed by atoms with van der Waals surface area (Å²) < 4.78 is 5.42. The van der Waals surface area contributed by atoms with Crippen LogP contribution >= 0.6 is 11.3 Å². The van der Waals surface area contributed by atoms with Crippen molar-refractivity contribution in [2.75, 3.05) is 32.8 Å². The fraction of sp³-hybridized carbons (Fsp3) is 0.524. The number of aromatic nitrogens is 1. The summed E-state index contributed by atoms with van der Waals surface area (Å²) in [4.78, 5) is 19.1. The molecular formula is C21H30N4O2S. The summed E-state index contributed by atoms with van der Waals surface area (Å²) in [6, 6.07) is 8.16. The van der Waals surface area contributed by atoms with Gasteiger partial charge in [-0.2, -0.15) is 0 Å². The SMILES string of the molecule is CC(C)c1nc(CCNC(=O)NCc2ccccc2CN2CCOCC2)cs1. The fourth-order valence-corrected chi connectivity index (χ4v) is 4.00. The number of amides is 2. The van der Waals surface area contributed by atoms with Crippen molar-refractivity contribution in [2.45, 2.75) is 39.3 Å². The molecule has 1 aliphatic rings. The molecule has 0 spiro atoms.